The summed E-state index contributed by atoms with van der Waals surface area (Å²) in [6, 6.07) is 6.08. The summed E-state index contributed by atoms with van der Waals surface area (Å²) in [5, 5.41) is 19.3. The van der Waals surface area contributed by atoms with Crippen LogP contribution in [-0.4, -0.2) is 36.4 Å². The second-order valence-corrected chi connectivity index (χ2v) is 3.75. The highest BCUT2D eigenvalue weighted by Gasteiger charge is 2.24. The molecule has 0 aromatic heterocycles. The Labute approximate surface area is 110 Å². The number of nitrogens with zero attached hydrogens (tertiary/aromatic N) is 3. The zero-order chi connectivity index (χ0) is 14.4. The van der Waals surface area contributed by atoms with Gasteiger partial charge in [-0.2, -0.15) is 5.26 Å². The molecule has 0 fully saturated rings. The number of para-hydroxylation sites is 1. The third kappa shape index (κ3) is 3.19. The van der Waals surface area contributed by atoms with Crippen molar-refractivity contribution in [3.05, 3.63) is 33.9 Å². The van der Waals surface area contributed by atoms with Crippen molar-refractivity contribution < 1.29 is 14.5 Å². The van der Waals surface area contributed by atoms with Crippen molar-refractivity contribution >= 4 is 11.6 Å². The maximum absolute atomic E-state index is 12.1. The Hall–Kier alpha value is -2.62. The largest absolute Gasteiger partial charge is 0.490 e. The van der Waals surface area contributed by atoms with Crippen LogP contribution in [0.25, 0.3) is 0 Å². The average Bonchev–Trinajstić information content (AvgIpc) is 2.42. The highest BCUT2D eigenvalue weighted by Crippen LogP contribution is 2.31. The molecule has 0 spiro atoms. The topological polar surface area (TPSA) is 96.5 Å². The smallest absolute Gasteiger partial charge is 0.311 e. The van der Waals surface area contributed by atoms with Crippen LogP contribution in [0.4, 0.5) is 5.69 Å². The Morgan fingerprint density at radius 3 is 2.79 bits per heavy atom. The third-order valence-corrected chi connectivity index (χ3v) is 2.53. The highest BCUT2D eigenvalue weighted by atomic mass is 16.6. The lowest BCUT2D eigenvalue weighted by molar-refractivity contribution is -0.385. The van der Waals surface area contributed by atoms with E-state index in [1.54, 1.807) is 0 Å². The van der Waals surface area contributed by atoms with Crippen molar-refractivity contribution in [2.45, 2.75) is 6.42 Å². The maximum Gasteiger partial charge on any atom is 0.311 e. The van der Waals surface area contributed by atoms with Crippen LogP contribution in [0, 0.1) is 21.4 Å². The van der Waals surface area contributed by atoms with Gasteiger partial charge in [0.2, 0.25) is 5.75 Å². The van der Waals surface area contributed by atoms with Crippen molar-refractivity contribution in [3.8, 4) is 11.8 Å². The molecule has 0 atom stereocenters. The molecule has 0 aliphatic rings. The Morgan fingerprint density at radius 2 is 2.26 bits per heavy atom. The van der Waals surface area contributed by atoms with Crippen LogP contribution in [0.15, 0.2) is 18.2 Å². The van der Waals surface area contributed by atoms with Crippen LogP contribution in [-0.2, 0) is 0 Å². The molecular formula is C12H13N3O4. The van der Waals surface area contributed by atoms with Gasteiger partial charge >= 0.3 is 5.69 Å². The molecule has 7 nitrogen and oxygen atoms in total. The molecule has 100 valence electrons. The molecule has 7 heteroatoms. The fraction of sp³-hybridized carbons (Fsp3) is 0.333. The molecule has 1 aromatic carbocycles. The Bertz CT molecular complexity index is 536. The lowest BCUT2D eigenvalue weighted by Gasteiger charge is -2.17. The van der Waals surface area contributed by atoms with Gasteiger partial charge < -0.3 is 9.64 Å². The number of carbonyl (C=O) groups is 1. The standard InChI is InChI=1S/C12H13N3O4/c1-14(8-4-7-13)12(16)9-5-3-6-10(15(17)18)11(9)19-2/h3,5-6H,4,8H2,1-2H3. The van der Waals surface area contributed by atoms with Gasteiger partial charge in [0, 0.05) is 19.7 Å². The summed E-state index contributed by atoms with van der Waals surface area (Å²) >= 11 is 0. The van der Waals surface area contributed by atoms with Gasteiger partial charge in [0.25, 0.3) is 5.91 Å². The molecule has 0 bridgehead atoms. The van der Waals surface area contributed by atoms with E-state index in [1.165, 1.54) is 37.3 Å². The van der Waals surface area contributed by atoms with E-state index in [1.807, 2.05) is 6.07 Å². The molecule has 0 N–H and O–H groups in total. The van der Waals surface area contributed by atoms with E-state index < -0.39 is 10.8 Å². The highest BCUT2D eigenvalue weighted by molar-refractivity contribution is 5.98. The summed E-state index contributed by atoms with van der Waals surface area (Å²) in [6.07, 6.45) is 0.194. The van der Waals surface area contributed by atoms with E-state index in [0.29, 0.717) is 0 Å². The van der Waals surface area contributed by atoms with Crippen LogP contribution in [0.3, 0.4) is 0 Å². The second-order valence-electron chi connectivity index (χ2n) is 3.75. The number of ether oxygens (including phenoxy) is 1. The number of carbonyl (C=O) groups excluding carboxylic acids is 1. The van der Waals surface area contributed by atoms with Gasteiger partial charge in [-0.3, -0.25) is 14.9 Å². The Morgan fingerprint density at radius 1 is 1.58 bits per heavy atom. The second kappa shape index (κ2) is 6.35. The first kappa shape index (κ1) is 14.4. The molecular weight excluding hydrogens is 250 g/mol. The van der Waals surface area contributed by atoms with Crippen LogP contribution in [0.1, 0.15) is 16.8 Å². The van der Waals surface area contributed by atoms with Crippen molar-refractivity contribution in [1.82, 2.24) is 4.90 Å². The number of nitro groups is 1. The first-order valence-corrected chi connectivity index (χ1v) is 5.46. The average molecular weight is 263 g/mol. The summed E-state index contributed by atoms with van der Waals surface area (Å²) in [5.74, 6) is -0.489. The summed E-state index contributed by atoms with van der Waals surface area (Å²) in [6.45, 7) is 0.251. The minimum absolute atomic E-state index is 0.0682. The van der Waals surface area contributed by atoms with Crippen LogP contribution < -0.4 is 4.74 Å². The minimum Gasteiger partial charge on any atom is -0.490 e. The van der Waals surface area contributed by atoms with E-state index in [-0.39, 0.29) is 30.0 Å². The first-order chi connectivity index (χ1) is 9.02. The summed E-state index contributed by atoms with van der Waals surface area (Å²) in [7, 11) is 2.80. The molecule has 0 saturated heterocycles. The van der Waals surface area contributed by atoms with E-state index in [0.717, 1.165) is 0 Å². The van der Waals surface area contributed by atoms with E-state index in [2.05, 4.69) is 0 Å². The molecule has 1 aromatic rings. The number of benzene rings is 1. The van der Waals surface area contributed by atoms with Gasteiger partial charge in [-0.15, -0.1) is 0 Å². The minimum atomic E-state index is -0.606. The van der Waals surface area contributed by atoms with Crippen LogP contribution in [0.5, 0.6) is 5.75 Å². The Balaban J connectivity index is 3.13. The zero-order valence-corrected chi connectivity index (χ0v) is 10.6. The molecule has 0 heterocycles. The third-order valence-electron chi connectivity index (χ3n) is 2.53. The van der Waals surface area contributed by atoms with Gasteiger partial charge in [0.05, 0.1) is 30.1 Å². The quantitative estimate of drug-likeness (QED) is 0.593. The summed E-state index contributed by atoms with van der Waals surface area (Å²) in [4.78, 5) is 23.7. The number of nitro benzene ring substituents is 1. The maximum atomic E-state index is 12.1. The van der Waals surface area contributed by atoms with Crippen molar-refractivity contribution in [2.24, 2.45) is 0 Å². The molecule has 0 radical (unpaired) electrons. The van der Waals surface area contributed by atoms with E-state index >= 15 is 0 Å². The first-order valence-electron chi connectivity index (χ1n) is 5.46. The van der Waals surface area contributed by atoms with Crippen molar-refractivity contribution in [2.75, 3.05) is 20.7 Å². The predicted molar refractivity (Wildman–Crippen MR) is 66.8 cm³/mol. The lowest BCUT2D eigenvalue weighted by atomic mass is 10.1. The number of hydrogen-bond donors (Lipinski definition) is 0. The predicted octanol–water partition coefficient (Wildman–Crippen LogP) is 1.59. The van der Waals surface area contributed by atoms with Gasteiger partial charge in [-0.25, -0.2) is 0 Å². The molecule has 0 saturated carbocycles. The van der Waals surface area contributed by atoms with Gasteiger partial charge in [0.15, 0.2) is 0 Å². The number of hydrogen-bond acceptors (Lipinski definition) is 5. The van der Waals surface area contributed by atoms with Crippen LogP contribution >= 0.6 is 0 Å². The van der Waals surface area contributed by atoms with Crippen LogP contribution in [0.2, 0.25) is 0 Å². The molecule has 0 aliphatic heterocycles. The fourth-order valence-electron chi connectivity index (χ4n) is 1.58. The SMILES string of the molecule is COc1c(C(=O)N(C)CCC#N)cccc1[N+](=O)[O-]. The monoisotopic (exact) mass is 263 g/mol. The number of amides is 1. The van der Waals surface area contributed by atoms with E-state index in [9.17, 15) is 14.9 Å². The summed E-state index contributed by atoms with van der Waals surface area (Å²) < 4.78 is 4.96. The van der Waals surface area contributed by atoms with Crippen molar-refractivity contribution in [1.29, 1.82) is 5.26 Å². The number of nitriles is 1. The van der Waals surface area contributed by atoms with Gasteiger partial charge in [-0.1, -0.05) is 6.07 Å². The van der Waals surface area contributed by atoms with Gasteiger partial charge in [0.1, 0.15) is 0 Å². The van der Waals surface area contributed by atoms with Gasteiger partial charge in [-0.05, 0) is 6.07 Å². The molecule has 0 unspecified atom stereocenters. The fourth-order valence-corrected chi connectivity index (χ4v) is 1.58. The molecule has 1 amide bonds. The normalized spacial score (nSPS) is 9.53. The zero-order valence-electron chi connectivity index (χ0n) is 10.6. The van der Waals surface area contributed by atoms with E-state index in [4.69, 9.17) is 10.00 Å². The number of rotatable bonds is 5. The molecule has 19 heavy (non-hydrogen) atoms. The molecule has 0 aliphatic carbocycles. The lowest BCUT2D eigenvalue weighted by Crippen LogP contribution is -2.28. The Kier molecular flexibility index (Phi) is 4.83. The summed E-state index contributed by atoms with van der Waals surface area (Å²) in [5.41, 5.74) is -0.154. The number of methoxy groups -OCH3 is 1. The molecule has 1 rings (SSSR count). The van der Waals surface area contributed by atoms with Crippen molar-refractivity contribution in [3.63, 3.8) is 0 Å².